The highest BCUT2D eigenvalue weighted by atomic mass is 16.6. The van der Waals surface area contributed by atoms with E-state index < -0.39 is 0 Å². The number of rotatable bonds is 3. The van der Waals surface area contributed by atoms with Crippen LogP contribution in [0, 0.1) is 0 Å². The first-order valence-corrected chi connectivity index (χ1v) is 3.15. The van der Waals surface area contributed by atoms with E-state index in [1.807, 2.05) is 5.94 Å². The van der Waals surface area contributed by atoms with Crippen LogP contribution in [-0.2, 0) is 9.53 Å². The predicted octanol–water partition coefficient (Wildman–Crippen LogP) is 0.943. The molecule has 1 unspecified atom stereocenters. The molecule has 0 spiro atoms. The molecule has 2 heteroatoms. The molecular weight excluding hydrogens is 116 g/mol. The SMILES string of the molecule is CC(=C=O)CCC1CO1. The third kappa shape index (κ3) is 2.45. The molecule has 0 radical (unpaired) electrons. The van der Waals surface area contributed by atoms with Gasteiger partial charge in [-0.25, -0.2) is 4.79 Å². The number of ether oxygens (including phenoxy) is 1. The van der Waals surface area contributed by atoms with Crippen molar-refractivity contribution in [2.45, 2.75) is 25.9 Å². The van der Waals surface area contributed by atoms with Gasteiger partial charge in [-0.2, -0.15) is 0 Å². The molecule has 1 rings (SSSR count). The normalized spacial score (nSPS) is 23.0. The van der Waals surface area contributed by atoms with Gasteiger partial charge in [0.2, 0.25) is 0 Å². The summed E-state index contributed by atoms with van der Waals surface area (Å²) in [5.74, 6) is 1.86. The first-order valence-electron chi connectivity index (χ1n) is 3.15. The average Bonchev–Trinajstić information content (AvgIpc) is 2.65. The summed E-state index contributed by atoms with van der Waals surface area (Å²) in [5, 5.41) is 0. The third-order valence-electron chi connectivity index (χ3n) is 1.42. The van der Waals surface area contributed by atoms with E-state index in [-0.39, 0.29) is 0 Å². The number of allylic oxidation sites excluding steroid dienone is 1. The van der Waals surface area contributed by atoms with Gasteiger partial charge >= 0.3 is 0 Å². The van der Waals surface area contributed by atoms with E-state index in [0.29, 0.717) is 6.10 Å². The zero-order chi connectivity index (χ0) is 6.69. The fraction of sp³-hybridized carbons (Fsp3) is 0.714. The monoisotopic (exact) mass is 126 g/mol. The zero-order valence-electron chi connectivity index (χ0n) is 5.52. The van der Waals surface area contributed by atoms with Crippen molar-refractivity contribution in [1.29, 1.82) is 0 Å². The van der Waals surface area contributed by atoms with Crippen LogP contribution >= 0.6 is 0 Å². The maximum absolute atomic E-state index is 9.93. The standard InChI is InChI=1S/C7H10O2/c1-6(4-8)2-3-7-5-9-7/h7H,2-3,5H2,1H3. The lowest BCUT2D eigenvalue weighted by Gasteiger charge is -1.89. The Morgan fingerprint density at radius 3 is 3.00 bits per heavy atom. The summed E-state index contributed by atoms with van der Waals surface area (Å²) in [6.45, 7) is 2.68. The van der Waals surface area contributed by atoms with Gasteiger partial charge in [-0.05, 0) is 19.8 Å². The quantitative estimate of drug-likeness (QED) is 0.416. The largest absolute Gasteiger partial charge is 0.373 e. The van der Waals surface area contributed by atoms with Gasteiger partial charge in [0.25, 0.3) is 0 Å². The summed E-state index contributed by atoms with van der Waals surface area (Å²) in [4.78, 5) is 9.93. The van der Waals surface area contributed by atoms with Crippen molar-refractivity contribution in [2.24, 2.45) is 0 Å². The van der Waals surface area contributed by atoms with Crippen LogP contribution in [0.3, 0.4) is 0 Å². The molecule has 1 heterocycles. The summed E-state index contributed by atoms with van der Waals surface area (Å²) < 4.78 is 4.96. The van der Waals surface area contributed by atoms with E-state index in [2.05, 4.69) is 0 Å². The number of hydrogen-bond donors (Lipinski definition) is 0. The number of hydrogen-bond acceptors (Lipinski definition) is 2. The third-order valence-corrected chi connectivity index (χ3v) is 1.42. The van der Waals surface area contributed by atoms with Crippen molar-refractivity contribution in [3.63, 3.8) is 0 Å². The van der Waals surface area contributed by atoms with E-state index in [9.17, 15) is 4.79 Å². The van der Waals surface area contributed by atoms with Crippen molar-refractivity contribution >= 4 is 5.94 Å². The Hall–Kier alpha value is -0.590. The highest BCUT2D eigenvalue weighted by molar-refractivity contribution is 5.50. The summed E-state index contributed by atoms with van der Waals surface area (Å²) >= 11 is 0. The zero-order valence-corrected chi connectivity index (χ0v) is 5.52. The molecule has 50 valence electrons. The lowest BCUT2D eigenvalue weighted by Crippen LogP contribution is -1.85. The molecule has 1 aliphatic heterocycles. The topological polar surface area (TPSA) is 29.6 Å². The van der Waals surface area contributed by atoms with E-state index >= 15 is 0 Å². The Labute approximate surface area is 54.5 Å². The van der Waals surface area contributed by atoms with Gasteiger partial charge in [0.15, 0.2) is 0 Å². The minimum absolute atomic E-state index is 0.438. The fourth-order valence-electron chi connectivity index (χ4n) is 0.663. The van der Waals surface area contributed by atoms with Crippen LogP contribution < -0.4 is 0 Å². The van der Waals surface area contributed by atoms with Crippen LogP contribution in [0.25, 0.3) is 0 Å². The van der Waals surface area contributed by atoms with Gasteiger partial charge in [0, 0.05) is 5.57 Å². The van der Waals surface area contributed by atoms with Crippen molar-refractivity contribution < 1.29 is 9.53 Å². The second-order valence-electron chi connectivity index (χ2n) is 2.38. The lowest BCUT2D eigenvalue weighted by atomic mass is 10.1. The smallest absolute Gasteiger partial charge is 0.123 e. The van der Waals surface area contributed by atoms with Crippen LogP contribution in [0.1, 0.15) is 19.8 Å². The van der Waals surface area contributed by atoms with Crippen LogP contribution in [0.2, 0.25) is 0 Å². The molecule has 1 aliphatic rings. The van der Waals surface area contributed by atoms with E-state index in [1.165, 1.54) is 0 Å². The minimum atomic E-state index is 0.438. The molecule has 0 N–H and O–H groups in total. The summed E-state index contributed by atoms with van der Waals surface area (Å²) in [6, 6.07) is 0. The average molecular weight is 126 g/mol. The summed E-state index contributed by atoms with van der Waals surface area (Å²) in [6.07, 6.45) is 2.27. The number of epoxide rings is 1. The van der Waals surface area contributed by atoms with Gasteiger partial charge < -0.3 is 4.74 Å². The van der Waals surface area contributed by atoms with E-state index in [1.54, 1.807) is 6.92 Å². The van der Waals surface area contributed by atoms with Gasteiger partial charge in [0.05, 0.1) is 12.7 Å². The van der Waals surface area contributed by atoms with E-state index in [0.717, 1.165) is 25.0 Å². The molecule has 1 saturated heterocycles. The van der Waals surface area contributed by atoms with Crippen LogP contribution in [-0.4, -0.2) is 18.7 Å². The van der Waals surface area contributed by atoms with Crippen molar-refractivity contribution in [3.05, 3.63) is 5.57 Å². The second kappa shape index (κ2) is 2.81. The van der Waals surface area contributed by atoms with Gasteiger partial charge in [-0.1, -0.05) is 0 Å². The molecule has 9 heavy (non-hydrogen) atoms. The van der Waals surface area contributed by atoms with Gasteiger partial charge in [0.1, 0.15) is 5.94 Å². The fourth-order valence-corrected chi connectivity index (χ4v) is 0.663. The molecule has 2 nitrogen and oxygen atoms in total. The van der Waals surface area contributed by atoms with Crippen LogP contribution in [0.5, 0.6) is 0 Å². The van der Waals surface area contributed by atoms with Crippen LogP contribution in [0.4, 0.5) is 0 Å². The van der Waals surface area contributed by atoms with Gasteiger partial charge in [-0.15, -0.1) is 0 Å². The Morgan fingerprint density at radius 2 is 2.56 bits per heavy atom. The van der Waals surface area contributed by atoms with Crippen molar-refractivity contribution in [1.82, 2.24) is 0 Å². The van der Waals surface area contributed by atoms with Gasteiger partial charge in [-0.3, -0.25) is 0 Å². The highest BCUT2D eigenvalue weighted by Crippen LogP contribution is 2.17. The summed E-state index contributed by atoms with van der Waals surface area (Å²) in [7, 11) is 0. The Morgan fingerprint density at radius 1 is 1.89 bits per heavy atom. The predicted molar refractivity (Wildman–Crippen MR) is 33.9 cm³/mol. The molecule has 0 aromatic rings. The molecule has 0 aromatic carbocycles. The van der Waals surface area contributed by atoms with Crippen molar-refractivity contribution in [3.8, 4) is 0 Å². The van der Waals surface area contributed by atoms with Crippen molar-refractivity contribution in [2.75, 3.05) is 6.61 Å². The summed E-state index contributed by atoms with van der Waals surface area (Å²) in [5.41, 5.74) is 0.797. The molecule has 0 aromatic heterocycles. The Bertz CT molecular complexity index is 141. The maximum Gasteiger partial charge on any atom is 0.123 e. The molecule has 0 amide bonds. The maximum atomic E-state index is 9.93. The lowest BCUT2D eigenvalue weighted by molar-refractivity contribution is 0.396. The minimum Gasteiger partial charge on any atom is -0.373 e. The molecular formula is C7H10O2. The molecule has 0 bridgehead atoms. The molecule has 1 atom stereocenters. The molecule has 0 saturated carbocycles. The highest BCUT2D eigenvalue weighted by Gasteiger charge is 2.21. The Kier molecular flexibility index (Phi) is 2.04. The first-order chi connectivity index (χ1) is 4.33. The van der Waals surface area contributed by atoms with E-state index in [4.69, 9.17) is 4.74 Å². The second-order valence-corrected chi connectivity index (χ2v) is 2.38. The molecule has 0 aliphatic carbocycles. The Balaban J connectivity index is 2.09. The van der Waals surface area contributed by atoms with Crippen LogP contribution in [0.15, 0.2) is 5.57 Å². The molecule has 1 fully saturated rings. The first kappa shape index (κ1) is 6.53. The number of carbonyl (C=O) groups excluding carboxylic acids is 1.